The molecule has 3 rings (SSSR count). The third kappa shape index (κ3) is 3.74. The zero-order chi connectivity index (χ0) is 17.8. The Morgan fingerprint density at radius 2 is 1.64 bits per heavy atom. The van der Waals surface area contributed by atoms with E-state index in [1.807, 2.05) is 55.1 Å². The lowest BCUT2D eigenvalue weighted by molar-refractivity contribution is 0.590. The Balaban J connectivity index is 1.98. The summed E-state index contributed by atoms with van der Waals surface area (Å²) >= 11 is 0. The van der Waals surface area contributed by atoms with Gasteiger partial charge in [-0.15, -0.1) is 0 Å². The van der Waals surface area contributed by atoms with Gasteiger partial charge < -0.3 is 10.2 Å². The van der Waals surface area contributed by atoms with E-state index in [4.69, 9.17) is 0 Å². The van der Waals surface area contributed by atoms with Gasteiger partial charge in [-0.3, -0.25) is 0 Å². The van der Waals surface area contributed by atoms with E-state index in [1.54, 1.807) is 0 Å². The van der Waals surface area contributed by atoms with Crippen LogP contribution in [0.4, 0.5) is 31.9 Å². The second kappa shape index (κ2) is 7.25. The van der Waals surface area contributed by atoms with Gasteiger partial charge in [0.25, 0.3) is 0 Å². The molecule has 1 aromatic heterocycles. The van der Waals surface area contributed by atoms with Crippen molar-refractivity contribution >= 4 is 23.1 Å². The van der Waals surface area contributed by atoms with Gasteiger partial charge in [0, 0.05) is 24.0 Å². The molecule has 6 heteroatoms. The SMILES string of the molecule is CCN(c1ccccc1)c1cc(C)nc(Nc2c(F)cccc2F)n1. The van der Waals surface area contributed by atoms with Gasteiger partial charge in [0.1, 0.15) is 23.1 Å². The first-order valence-electron chi connectivity index (χ1n) is 7.97. The molecule has 0 saturated heterocycles. The quantitative estimate of drug-likeness (QED) is 0.712. The molecule has 0 saturated carbocycles. The fourth-order valence-corrected chi connectivity index (χ4v) is 2.56. The normalized spacial score (nSPS) is 10.6. The number of aromatic nitrogens is 2. The predicted molar refractivity (Wildman–Crippen MR) is 95.5 cm³/mol. The standard InChI is InChI=1S/C19H18F2N4/c1-3-25(14-8-5-4-6-9-14)17-12-13(2)22-19(23-17)24-18-15(20)10-7-11-16(18)21/h4-12H,3H2,1-2H3,(H,22,23,24). The molecule has 3 aromatic rings. The number of hydrogen-bond donors (Lipinski definition) is 1. The maximum atomic E-state index is 13.9. The summed E-state index contributed by atoms with van der Waals surface area (Å²) in [5, 5.41) is 2.65. The molecule has 0 bridgehead atoms. The van der Waals surface area contributed by atoms with Crippen molar-refractivity contribution in [2.24, 2.45) is 0 Å². The van der Waals surface area contributed by atoms with Crippen LogP contribution in [-0.2, 0) is 0 Å². The first kappa shape index (κ1) is 16.8. The third-order valence-electron chi connectivity index (χ3n) is 3.70. The van der Waals surface area contributed by atoms with E-state index < -0.39 is 11.6 Å². The highest BCUT2D eigenvalue weighted by Gasteiger charge is 2.14. The van der Waals surface area contributed by atoms with Crippen LogP contribution in [0.2, 0.25) is 0 Å². The Labute approximate surface area is 145 Å². The molecule has 0 aliphatic heterocycles. The van der Waals surface area contributed by atoms with Gasteiger partial charge in [-0.25, -0.2) is 13.8 Å². The van der Waals surface area contributed by atoms with E-state index >= 15 is 0 Å². The molecule has 0 fully saturated rings. The van der Waals surface area contributed by atoms with Crippen molar-refractivity contribution in [3.63, 3.8) is 0 Å². The van der Waals surface area contributed by atoms with Crippen LogP contribution in [0.5, 0.6) is 0 Å². The monoisotopic (exact) mass is 340 g/mol. The molecular weight excluding hydrogens is 322 g/mol. The van der Waals surface area contributed by atoms with E-state index in [-0.39, 0.29) is 11.6 Å². The molecule has 0 unspecified atom stereocenters. The van der Waals surface area contributed by atoms with Gasteiger partial charge in [0.05, 0.1) is 0 Å². The Hall–Kier alpha value is -3.02. The number of nitrogens with zero attached hydrogens (tertiary/aromatic N) is 3. The highest BCUT2D eigenvalue weighted by atomic mass is 19.1. The number of rotatable bonds is 5. The molecule has 4 nitrogen and oxygen atoms in total. The first-order chi connectivity index (χ1) is 12.1. The third-order valence-corrected chi connectivity index (χ3v) is 3.70. The average Bonchev–Trinajstić information content (AvgIpc) is 2.60. The van der Waals surface area contributed by atoms with Gasteiger partial charge in [-0.1, -0.05) is 24.3 Å². The zero-order valence-corrected chi connectivity index (χ0v) is 14.0. The number of hydrogen-bond acceptors (Lipinski definition) is 4. The van der Waals surface area contributed by atoms with Crippen LogP contribution >= 0.6 is 0 Å². The molecular formula is C19H18F2N4. The van der Waals surface area contributed by atoms with Gasteiger partial charge in [0.2, 0.25) is 5.95 Å². The van der Waals surface area contributed by atoms with Crippen molar-refractivity contribution in [2.45, 2.75) is 13.8 Å². The Kier molecular flexibility index (Phi) is 4.88. The topological polar surface area (TPSA) is 41.1 Å². The summed E-state index contributed by atoms with van der Waals surface area (Å²) in [7, 11) is 0. The smallest absolute Gasteiger partial charge is 0.229 e. The van der Waals surface area contributed by atoms with Gasteiger partial charge in [-0.2, -0.15) is 4.98 Å². The second-order valence-electron chi connectivity index (χ2n) is 5.49. The molecule has 1 heterocycles. The summed E-state index contributed by atoms with van der Waals surface area (Å²) in [6.45, 7) is 4.51. The molecule has 1 N–H and O–H groups in total. The highest BCUT2D eigenvalue weighted by molar-refractivity contribution is 5.63. The summed E-state index contributed by atoms with van der Waals surface area (Å²) in [6, 6.07) is 15.3. The van der Waals surface area contributed by atoms with E-state index in [0.29, 0.717) is 18.1 Å². The molecule has 2 aromatic carbocycles. The Bertz CT molecular complexity index is 848. The van der Waals surface area contributed by atoms with Crippen molar-refractivity contribution in [3.05, 3.63) is 71.9 Å². The van der Waals surface area contributed by atoms with Crippen molar-refractivity contribution in [3.8, 4) is 0 Å². The minimum atomic E-state index is -0.693. The van der Waals surface area contributed by atoms with Crippen molar-refractivity contribution in [2.75, 3.05) is 16.8 Å². The minimum Gasteiger partial charge on any atom is -0.326 e. The molecule has 0 atom stereocenters. The van der Waals surface area contributed by atoms with E-state index in [1.165, 1.54) is 18.2 Å². The van der Waals surface area contributed by atoms with Gasteiger partial charge >= 0.3 is 0 Å². The zero-order valence-electron chi connectivity index (χ0n) is 14.0. The van der Waals surface area contributed by atoms with E-state index in [2.05, 4.69) is 15.3 Å². The lowest BCUT2D eigenvalue weighted by Gasteiger charge is -2.23. The summed E-state index contributed by atoms with van der Waals surface area (Å²) in [5.41, 5.74) is 1.41. The van der Waals surface area contributed by atoms with Crippen LogP contribution in [-0.4, -0.2) is 16.5 Å². The average molecular weight is 340 g/mol. The summed E-state index contributed by atoms with van der Waals surface area (Å²) in [5.74, 6) is -0.585. The van der Waals surface area contributed by atoms with Crippen molar-refractivity contribution in [1.82, 2.24) is 9.97 Å². The van der Waals surface area contributed by atoms with Crippen LogP contribution < -0.4 is 10.2 Å². The van der Waals surface area contributed by atoms with E-state index in [9.17, 15) is 8.78 Å². The minimum absolute atomic E-state index is 0.147. The second-order valence-corrected chi connectivity index (χ2v) is 5.49. The first-order valence-corrected chi connectivity index (χ1v) is 7.97. The maximum Gasteiger partial charge on any atom is 0.229 e. The Morgan fingerprint density at radius 3 is 2.28 bits per heavy atom. The number of benzene rings is 2. The molecule has 0 amide bonds. The molecule has 0 radical (unpaired) electrons. The van der Waals surface area contributed by atoms with Crippen LogP contribution in [0.15, 0.2) is 54.6 Å². The molecule has 0 aliphatic carbocycles. The number of halogens is 2. The summed E-state index contributed by atoms with van der Waals surface area (Å²) in [4.78, 5) is 10.7. The summed E-state index contributed by atoms with van der Waals surface area (Å²) < 4.78 is 27.7. The fourth-order valence-electron chi connectivity index (χ4n) is 2.56. The van der Waals surface area contributed by atoms with Gasteiger partial charge in [-0.05, 0) is 38.1 Å². The molecule has 25 heavy (non-hydrogen) atoms. The van der Waals surface area contributed by atoms with Crippen LogP contribution in [0, 0.1) is 18.6 Å². The molecule has 0 aliphatic rings. The number of anilines is 4. The van der Waals surface area contributed by atoms with Crippen molar-refractivity contribution in [1.29, 1.82) is 0 Å². The lowest BCUT2D eigenvalue weighted by atomic mass is 10.2. The Morgan fingerprint density at radius 1 is 0.960 bits per heavy atom. The highest BCUT2D eigenvalue weighted by Crippen LogP contribution is 2.26. The lowest BCUT2D eigenvalue weighted by Crippen LogP contribution is -2.18. The number of para-hydroxylation sites is 2. The van der Waals surface area contributed by atoms with Gasteiger partial charge in [0.15, 0.2) is 0 Å². The maximum absolute atomic E-state index is 13.9. The molecule has 0 spiro atoms. The predicted octanol–water partition coefficient (Wildman–Crippen LogP) is 4.96. The number of nitrogens with one attached hydrogen (secondary N) is 1. The van der Waals surface area contributed by atoms with Crippen LogP contribution in [0.25, 0.3) is 0 Å². The largest absolute Gasteiger partial charge is 0.326 e. The fraction of sp³-hybridized carbons (Fsp3) is 0.158. The van der Waals surface area contributed by atoms with Crippen LogP contribution in [0.3, 0.4) is 0 Å². The van der Waals surface area contributed by atoms with Crippen LogP contribution in [0.1, 0.15) is 12.6 Å². The number of aryl methyl sites for hydroxylation is 1. The van der Waals surface area contributed by atoms with Crippen molar-refractivity contribution < 1.29 is 8.78 Å². The molecule has 128 valence electrons. The summed E-state index contributed by atoms with van der Waals surface area (Å²) in [6.07, 6.45) is 0. The van der Waals surface area contributed by atoms with E-state index in [0.717, 1.165) is 5.69 Å².